The first-order chi connectivity index (χ1) is 12.4. The molecule has 4 rings (SSSR count). The molecule has 7 heteroatoms. The van der Waals surface area contributed by atoms with Gasteiger partial charge in [0.1, 0.15) is 6.61 Å². The lowest BCUT2D eigenvalue weighted by molar-refractivity contribution is 0.116. The summed E-state index contributed by atoms with van der Waals surface area (Å²) in [6, 6.07) is 6.43. The Morgan fingerprint density at radius 2 is 2.04 bits per heavy atom. The molecule has 1 atom stereocenters. The van der Waals surface area contributed by atoms with E-state index in [2.05, 4.69) is 41.8 Å². The lowest BCUT2D eigenvalue weighted by Crippen LogP contribution is -2.38. The second-order valence-electron chi connectivity index (χ2n) is 6.11. The Kier molecular flexibility index (Phi) is 4.65. The maximum Gasteiger partial charge on any atom is 0.232 e. The van der Waals surface area contributed by atoms with Crippen molar-refractivity contribution in [3.8, 4) is 5.88 Å². The van der Waals surface area contributed by atoms with Crippen molar-refractivity contribution in [1.29, 1.82) is 0 Å². The molecular weight excluding hydrogens is 316 g/mol. The summed E-state index contributed by atoms with van der Waals surface area (Å²) in [5.74, 6) is 0.561. The van der Waals surface area contributed by atoms with Crippen LogP contribution in [0.2, 0.25) is 0 Å². The van der Waals surface area contributed by atoms with Crippen molar-refractivity contribution in [2.45, 2.75) is 32.1 Å². The van der Waals surface area contributed by atoms with E-state index in [1.165, 1.54) is 11.3 Å². The first kappa shape index (κ1) is 15.7. The molecule has 0 spiro atoms. The van der Waals surface area contributed by atoms with Crippen molar-refractivity contribution in [1.82, 2.24) is 29.6 Å². The molecule has 0 N–H and O–H groups in total. The zero-order valence-corrected chi connectivity index (χ0v) is 13.9. The number of ether oxygens (including phenoxy) is 1. The van der Waals surface area contributed by atoms with Crippen LogP contribution in [0.5, 0.6) is 5.88 Å². The molecule has 0 aromatic carbocycles. The molecule has 0 aliphatic carbocycles. The molecule has 25 heavy (non-hydrogen) atoms. The summed E-state index contributed by atoms with van der Waals surface area (Å²) >= 11 is 0. The highest BCUT2D eigenvalue weighted by Gasteiger charge is 2.25. The summed E-state index contributed by atoms with van der Waals surface area (Å²) in [5.41, 5.74) is 2.42. The summed E-state index contributed by atoms with van der Waals surface area (Å²) < 4.78 is 7.97. The SMILES string of the molecule is c1cncc(CN2Cc3ccnn3CC[C@H]2COc2cnccn2)c1. The summed E-state index contributed by atoms with van der Waals surface area (Å²) in [4.78, 5) is 14.9. The van der Waals surface area contributed by atoms with Gasteiger partial charge in [-0.15, -0.1) is 0 Å². The number of hydrogen-bond donors (Lipinski definition) is 0. The maximum absolute atomic E-state index is 5.88. The molecule has 1 aliphatic rings. The van der Waals surface area contributed by atoms with Crippen LogP contribution in [0.4, 0.5) is 0 Å². The molecule has 128 valence electrons. The highest BCUT2D eigenvalue weighted by molar-refractivity contribution is 5.10. The van der Waals surface area contributed by atoms with Crippen LogP contribution in [-0.2, 0) is 19.6 Å². The Morgan fingerprint density at radius 1 is 1.08 bits per heavy atom. The fraction of sp³-hybridized carbons (Fsp3) is 0.333. The van der Waals surface area contributed by atoms with Crippen molar-refractivity contribution in [2.75, 3.05) is 6.61 Å². The predicted molar refractivity (Wildman–Crippen MR) is 91.6 cm³/mol. The van der Waals surface area contributed by atoms with E-state index in [1.54, 1.807) is 24.8 Å². The van der Waals surface area contributed by atoms with Crippen LogP contribution >= 0.6 is 0 Å². The molecule has 3 aromatic heterocycles. The second-order valence-corrected chi connectivity index (χ2v) is 6.11. The Morgan fingerprint density at radius 3 is 2.88 bits per heavy atom. The molecule has 0 unspecified atom stereocenters. The van der Waals surface area contributed by atoms with Crippen molar-refractivity contribution in [3.05, 3.63) is 66.6 Å². The highest BCUT2D eigenvalue weighted by atomic mass is 16.5. The average Bonchev–Trinajstić information content (AvgIpc) is 3.03. The number of aromatic nitrogens is 5. The molecule has 0 amide bonds. The van der Waals surface area contributed by atoms with Gasteiger partial charge < -0.3 is 4.74 Å². The summed E-state index contributed by atoms with van der Waals surface area (Å²) in [6.45, 7) is 3.13. The van der Waals surface area contributed by atoms with Crippen LogP contribution in [0.25, 0.3) is 0 Å². The summed E-state index contributed by atoms with van der Waals surface area (Å²) in [7, 11) is 0. The average molecular weight is 336 g/mol. The number of fused-ring (bicyclic) bond motifs is 1. The quantitative estimate of drug-likeness (QED) is 0.709. The maximum atomic E-state index is 5.88. The molecule has 3 aromatic rings. The third kappa shape index (κ3) is 3.83. The van der Waals surface area contributed by atoms with E-state index >= 15 is 0 Å². The minimum atomic E-state index is 0.268. The minimum absolute atomic E-state index is 0.268. The van der Waals surface area contributed by atoms with Crippen molar-refractivity contribution in [3.63, 3.8) is 0 Å². The van der Waals surface area contributed by atoms with Gasteiger partial charge in [0.25, 0.3) is 0 Å². The Bertz CT molecular complexity index is 792. The monoisotopic (exact) mass is 336 g/mol. The van der Waals surface area contributed by atoms with Gasteiger partial charge in [-0.05, 0) is 24.1 Å². The summed E-state index contributed by atoms with van der Waals surface area (Å²) in [6.07, 6.45) is 11.5. The van der Waals surface area contributed by atoms with E-state index in [-0.39, 0.29) is 6.04 Å². The van der Waals surface area contributed by atoms with E-state index in [0.29, 0.717) is 12.5 Å². The van der Waals surface area contributed by atoms with E-state index in [0.717, 1.165) is 26.1 Å². The number of pyridine rings is 1. The van der Waals surface area contributed by atoms with E-state index in [9.17, 15) is 0 Å². The molecule has 0 fully saturated rings. The van der Waals surface area contributed by atoms with E-state index in [1.807, 2.05) is 18.5 Å². The predicted octanol–water partition coefficient (Wildman–Crippen LogP) is 1.92. The standard InChI is InChI=1S/C18H20N6O/c1-2-15(10-19-5-1)12-23-13-16-3-6-22-24(16)9-4-17(23)14-25-18-11-20-7-8-21-18/h1-3,5-8,10-11,17H,4,9,12-14H2/t17-/m0/s1. The van der Waals surface area contributed by atoms with Crippen LogP contribution in [0.3, 0.4) is 0 Å². The lowest BCUT2D eigenvalue weighted by Gasteiger charge is -2.29. The van der Waals surface area contributed by atoms with Gasteiger partial charge in [0, 0.05) is 56.7 Å². The van der Waals surface area contributed by atoms with Crippen LogP contribution in [0, 0.1) is 0 Å². The third-order valence-electron chi connectivity index (χ3n) is 4.43. The van der Waals surface area contributed by atoms with Gasteiger partial charge in [-0.3, -0.25) is 19.5 Å². The fourth-order valence-electron chi connectivity index (χ4n) is 3.13. The topological polar surface area (TPSA) is 69.0 Å². The summed E-state index contributed by atoms with van der Waals surface area (Å²) in [5, 5.41) is 4.43. The normalized spacial score (nSPS) is 17.7. The fourth-order valence-corrected chi connectivity index (χ4v) is 3.13. The molecule has 0 radical (unpaired) electrons. The lowest BCUT2D eigenvalue weighted by atomic mass is 10.1. The van der Waals surface area contributed by atoms with Gasteiger partial charge in [0.15, 0.2) is 0 Å². The van der Waals surface area contributed by atoms with Crippen molar-refractivity contribution in [2.24, 2.45) is 0 Å². The van der Waals surface area contributed by atoms with Gasteiger partial charge in [-0.1, -0.05) is 6.07 Å². The molecule has 4 heterocycles. The first-order valence-electron chi connectivity index (χ1n) is 8.41. The van der Waals surface area contributed by atoms with Crippen molar-refractivity contribution < 1.29 is 4.74 Å². The van der Waals surface area contributed by atoms with Gasteiger partial charge in [0.2, 0.25) is 5.88 Å². The van der Waals surface area contributed by atoms with Crippen molar-refractivity contribution >= 4 is 0 Å². The van der Waals surface area contributed by atoms with Gasteiger partial charge in [0.05, 0.1) is 11.9 Å². The molecule has 0 saturated carbocycles. The van der Waals surface area contributed by atoms with Gasteiger partial charge in [-0.2, -0.15) is 5.10 Å². The number of aryl methyl sites for hydroxylation is 1. The number of rotatable bonds is 5. The Balaban J connectivity index is 1.51. The number of hydrogen-bond acceptors (Lipinski definition) is 6. The minimum Gasteiger partial charge on any atom is -0.475 e. The van der Waals surface area contributed by atoms with Gasteiger partial charge in [-0.25, -0.2) is 4.98 Å². The first-order valence-corrected chi connectivity index (χ1v) is 8.41. The largest absolute Gasteiger partial charge is 0.475 e. The zero-order valence-electron chi connectivity index (χ0n) is 13.9. The van der Waals surface area contributed by atoms with Crippen LogP contribution < -0.4 is 4.74 Å². The van der Waals surface area contributed by atoms with E-state index in [4.69, 9.17) is 4.74 Å². The van der Waals surface area contributed by atoms with Crippen LogP contribution in [0.15, 0.2) is 55.4 Å². The molecule has 0 saturated heterocycles. The Hall–Kier alpha value is -2.80. The molecule has 1 aliphatic heterocycles. The zero-order chi connectivity index (χ0) is 16.9. The molecule has 7 nitrogen and oxygen atoms in total. The van der Waals surface area contributed by atoms with Crippen LogP contribution in [-0.4, -0.2) is 42.3 Å². The third-order valence-corrected chi connectivity index (χ3v) is 4.43. The van der Waals surface area contributed by atoms with Crippen LogP contribution in [0.1, 0.15) is 17.7 Å². The smallest absolute Gasteiger partial charge is 0.232 e. The number of nitrogens with zero attached hydrogens (tertiary/aromatic N) is 6. The molecular formula is C18H20N6O. The molecule has 0 bridgehead atoms. The Labute approximate surface area is 146 Å². The van der Waals surface area contributed by atoms with E-state index < -0.39 is 0 Å². The highest BCUT2D eigenvalue weighted by Crippen LogP contribution is 2.20. The van der Waals surface area contributed by atoms with Gasteiger partial charge >= 0.3 is 0 Å². The second kappa shape index (κ2) is 7.40.